The SMILES string of the molecule is CCCOP(C)(=O)OCC(COC(=O)CC)OC(=O)CC. The number of hydrogen-bond acceptors (Lipinski definition) is 7. The summed E-state index contributed by atoms with van der Waals surface area (Å²) >= 11 is 0. The summed E-state index contributed by atoms with van der Waals surface area (Å²) in [5, 5.41) is 0. The lowest BCUT2D eigenvalue weighted by atomic mass is 10.4. The first-order valence-corrected chi connectivity index (χ1v) is 9.05. The van der Waals surface area contributed by atoms with Crippen LogP contribution in [0.4, 0.5) is 0 Å². The minimum Gasteiger partial charge on any atom is -0.462 e. The maximum absolute atomic E-state index is 11.9. The van der Waals surface area contributed by atoms with Crippen LogP contribution < -0.4 is 0 Å². The lowest BCUT2D eigenvalue weighted by Gasteiger charge is -2.20. The molecule has 2 unspecified atom stereocenters. The highest BCUT2D eigenvalue weighted by Crippen LogP contribution is 2.43. The molecule has 0 aliphatic rings. The van der Waals surface area contributed by atoms with E-state index in [4.69, 9.17) is 18.5 Å². The molecule has 7 nitrogen and oxygen atoms in total. The van der Waals surface area contributed by atoms with Crippen molar-refractivity contribution in [2.45, 2.75) is 46.1 Å². The predicted molar refractivity (Wildman–Crippen MR) is 77.1 cm³/mol. The van der Waals surface area contributed by atoms with Gasteiger partial charge in [-0.15, -0.1) is 0 Å². The van der Waals surface area contributed by atoms with Gasteiger partial charge >= 0.3 is 19.5 Å². The number of esters is 2. The van der Waals surface area contributed by atoms with Crippen molar-refractivity contribution < 1.29 is 32.7 Å². The Balaban J connectivity index is 4.41. The van der Waals surface area contributed by atoms with E-state index in [1.165, 1.54) is 6.66 Å². The van der Waals surface area contributed by atoms with Gasteiger partial charge in [0.2, 0.25) is 0 Å². The van der Waals surface area contributed by atoms with E-state index in [1.807, 2.05) is 6.92 Å². The van der Waals surface area contributed by atoms with Crippen molar-refractivity contribution >= 4 is 19.5 Å². The standard InChI is InChI=1S/C13H25O7P/c1-5-8-18-21(4,16)19-10-11(20-13(15)7-3)9-17-12(14)6-2/h11H,5-10H2,1-4H3. The Morgan fingerprint density at radius 3 is 2.14 bits per heavy atom. The minimum absolute atomic E-state index is 0.133. The Hall–Kier alpha value is -0.910. The number of carbonyl (C=O) groups is 2. The van der Waals surface area contributed by atoms with E-state index >= 15 is 0 Å². The van der Waals surface area contributed by atoms with Gasteiger partial charge in [0, 0.05) is 19.5 Å². The molecule has 21 heavy (non-hydrogen) atoms. The third-order valence-electron chi connectivity index (χ3n) is 2.33. The highest BCUT2D eigenvalue weighted by Gasteiger charge is 2.22. The summed E-state index contributed by atoms with van der Waals surface area (Å²) < 4.78 is 32.2. The molecular weight excluding hydrogens is 299 g/mol. The topological polar surface area (TPSA) is 88.1 Å². The van der Waals surface area contributed by atoms with Crippen LogP contribution in [0.1, 0.15) is 40.0 Å². The minimum atomic E-state index is -3.20. The van der Waals surface area contributed by atoms with Crippen molar-refractivity contribution in [3.63, 3.8) is 0 Å². The van der Waals surface area contributed by atoms with Crippen molar-refractivity contribution in [3.05, 3.63) is 0 Å². The molecule has 0 heterocycles. The number of carbonyl (C=O) groups excluding carboxylic acids is 2. The van der Waals surface area contributed by atoms with Gasteiger partial charge in [0.25, 0.3) is 0 Å². The van der Waals surface area contributed by atoms with Crippen LogP contribution in [0, 0.1) is 0 Å². The van der Waals surface area contributed by atoms with Crippen molar-refractivity contribution in [1.82, 2.24) is 0 Å². The average molecular weight is 324 g/mol. The van der Waals surface area contributed by atoms with Crippen molar-refractivity contribution in [2.75, 3.05) is 26.5 Å². The average Bonchev–Trinajstić information content (AvgIpc) is 2.47. The van der Waals surface area contributed by atoms with E-state index < -0.39 is 25.6 Å². The largest absolute Gasteiger partial charge is 0.462 e. The van der Waals surface area contributed by atoms with Gasteiger partial charge in [-0.2, -0.15) is 0 Å². The molecule has 0 aliphatic carbocycles. The Kier molecular flexibility index (Phi) is 10.3. The first kappa shape index (κ1) is 20.1. The second-order valence-electron chi connectivity index (χ2n) is 4.40. The van der Waals surface area contributed by atoms with Gasteiger partial charge in [-0.05, 0) is 6.42 Å². The molecule has 124 valence electrons. The highest BCUT2D eigenvalue weighted by atomic mass is 31.2. The highest BCUT2D eigenvalue weighted by molar-refractivity contribution is 7.52. The fourth-order valence-electron chi connectivity index (χ4n) is 1.19. The molecule has 0 saturated heterocycles. The first-order valence-electron chi connectivity index (χ1n) is 7.06. The molecule has 0 aliphatic heterocycles. The second kappa shape index (κ2) is 10.8. The molecule has 0 N–H and O–H groups in total. The van der Waals surface area contributed by atoms with Crippen LogP contribution in [0.25, 0.3) is 0 Å². The molecule has 0 aromatic heterocycles. The summed E-state index contributed by atoms with van der Waals surface area (Å²) in [6.45, 7) is 6.57. The van der Waals surface area contributed by atoms with Crippen LogP contribution in [0.5, 0.6) is 0 Å². The number of hydrogen-bond donors (Lipinski definition) is 0. The summed E-state index contributed by atoms with van der Waals surface area (Å²) in [6.07, 6.45) is 0.325. The van der Waals surface area contributed by atoms with Gasteiger partial charge in [-0.25, -0.2) is 0 Å². The van der Waals surface area contributed by atoms with E-state index in [0.29, 0.717) is 13.0 Å². The molecule has 0 saturated carbocycles. The molecule has 0 spiro atoms. The Morgan fingerprint density at radius 1 is 1.00 bits per heavy atom. The molecule has 0 bridgehead atoms. The Morgan fingerprint density at radius 2 is 1.62 bits per heavy atom. The summed E-state index contributed by atoms with van der Waals surface area (Å²) in [4.78, 5) is 22.4. The van der Waals surface area contributed by atoms with Crippen LogP contribution in [-0.2, 0) is 32.7 Å². The van der Waals surface area contributed by atoms with E-state index in [-0.39, 0.29) is 26.1 Å². The molecule has 0 aromatic carbocycles. The van der Waals surface area contributed by atoms with Gasteiger partial charge in [0.05, 0.1) is 13.2 Å². The van der Waals surface area contributed by atoms with Gasteiger partial charge in [0.15, 0.2) is 6.10 Å². The lowest BCUT2D eigenvalue weighted by molar-refractivity contribution is -0.160. The monoisotopic (exact) mass is 324 g/mol. The maximum Gasteiger partial charge on any atom is 0.327 e. The smallest absolute Gasteiger partial charge is 0.327 e. The van der Waals surface area contributed by atoms with Crippen molar-refractivity contribution in [1.29, 1.82) is 0 Å². The van der Waals surface area contributed by atoms with Gasteiger partial charge in [-0.1, -0.05) is 20.8 Å². The van der Waals surface area contributed by atoms with Gasteiger partial charge < -0.3 is 18.5 Å². The van der Waals surface area contributed by atoms with E-state index in [1.54, 1.807) is 13.8 Å². The number of rotatable bonds is 11. The Labute approximate surface area is 125 Å². The maximum atomic E-state index is 11.9. The molecule has 0 aromatic rings. The van der Waals surface area contributed by atoms with E-state index in [0.717, 1.165) is 0 Å². The molecule has 0 radical (unpaired) electrons. The molecule has 0 amide bonds. The zero-order valence-corrected chi connectivity index (χ0v) is 14.0. The van der Waals surface area contributed by atoms with Gasteiger partial charge in [-0.3, -0.25) is 14.2 Å². The molecule has 2 atom stereocenters. The van der Waals surface area contributed by atoms with E-state index in [9.17, 15) is 14.2 Å². The van der Waals surface area contributed by atoms with Crippen LogP contribution in [0.2, 0.25) is 0 Å². The van der Waals surface area contributed by atoms with Crippen LogP contribution in [-0.4, -0.2) is 44.5 Å². The Bertz CT molecular complexity index is 370. The second-order valence-corrected chi connectivity index (χ2v) is 6.46. The van der Waals surface area contributed by atoms with E-state index in [2.05, 4.69) is 0 Å². The summed E-state index contributed by atoms with van der Waals surface area (Å²) in [5.41, 5.74) is 0. The van der Waals surface area contributed by atoms with Gasteiger partial charge in [0.1, 0.15) is 6.61 Å². The van der Waals surface area contributed by atoms with Crippen LogP contribution >= 0.6 is 7.60 Å². The summed E-state index contributed by atoms with van der Waals surface area (Å²) in [7, 11) is -3.20. The van der Waals surface area contributed by atoms with Crippen LogP contribution in [0.3, 0.4) is 0 Å². The fourth-order valence-corrected chi connectivity index (χ4v) is 2.21. The predicted octanol–water partition coefficient (Wildman–Crippen LogP) is 2.53. The summed E-state index contributed by atoms with van der Waals surface area (Å²) in [6, 6.07) is 0. The third-order valence-corrected chi connectivity index (χ3v) is 3.60. The first-order chi connectivity index (χ1) is 9.84. The molecule has 0 fully saturated rings. The normalized spacial score (nSPS) is 15.0. The van der Waals surface area contributed by atoms with Crippen LogP contribution in [0.15, 0.2) is 0 Å². The summed E-state index contributed by atoms with van der Waals surface area (Å²) in [5.74, 6) is -0.856. The molecule has 0 rings (SSSR count). The molecule has 8 heteroatoms. The zero-order chi connectivity index (χ0) is 16.3. The van der Waals surface area contributed by atoms with Crippen molar-refractivity contribution in [2.24, 2.45) is 0 Å². The van der Waals surface area contributed by atoms with Crippen molar-refractivity contribution in [3.8, 4) is 0 Å². The third kappa shape index (κ3) is 10.5. The fraction of sp³-hybridized carbons (Fsp3) is 0.846. The lowest BCUT2D eigenvalue weighted by Crippen LogP contribution is -2.29. The zero-order valence-electron chi connectivity index (χ0n) is 13.1. The molecular formula is C13H25O7P. The number of ether oxygens (including phenoxy) is 2. The quantitative estimate of drug-likeness (QED) is 0.426.